The number of fused-ring (bicyclic) bond motifs is 1. The smallest absolute Gasteiger partial charge is 0.106 e. The van der Waals surface area contributed by atoms with Crippen LogP contribution in [0.1, 0.15) is 17.2 Å². The third kappa shape index (κ3) is 1.67. The molecule has 0 unspecified atom stereocenters. The van der Waals surface area contributed by atoms with Gasteiger partial charge in [0.25, 0.3) is 0 Å². The van der Waals surface area contributed by atoms with Crippen LogP contribution in [0.4, 0.5) is 0 Å². The molecule has 2 rings (SSSR count). The summed E-state index contributed by atoms with van der Waals surface area (Å²) in [6, 6.07) is 0. The second-order valence-corrected chi connectivity index (χ2v) is 3.62. The molecule has 0 saturated heterocycles. The van der Waals surface area contributed by atoms with Gasteiger partial charge in [0.15, 0.2) is 0 Å². The van der Waals surface area contributed by atoms with Crippen LogP contribution in [-0.4, -0.2) is 29.8 Å². The number of methoxy groups -OCH3 is 1. The van der Waals surface area contributed by atoms with Crippen LogP contribution < -0.4 is 5.32 Å². The second kappa shape index (κ2) is 4.11. The maximum Gasteiger partial charge on any atom is 0.106 e. The van der Waals surface area contributed by atoms with Crippen LogP contribution in [0.25, 0.3) is 0 Å². The first-order valence-corrected chi connectivity index (χ1v) is 5.07. The molecule has 0 aromatic carbocycles. The molecule has 1 aliphatic rings. The molecule has 0 saturated carbocycles. The van der Waals surface area contributed by atoms with E-state index in [4.69, 9.17) is 4.74 Å². The van der Waals surface area contributed by atoms with E-state index < -0.39 is 0 Å². The van der Waals surface area contributed by atoms with Gasteiger partial charge >= 0.3 is 0 Å². The summed E-state index contributed by atoms with van der Waals surface area (Å²) in [5.41, 5.74) is 2.60. The van der Waals surface area contributed by atoms with E-state index in [0.717, 1.165) is 38.5 Å². The van der Waals surface area contributed by atoms with Gasteiger partial charge < -0.3 is 14.6 Å². The first-order valence-electron chi connectivity index (χ1n) is 5.07. The molecule has 0 bridgehead atoms. The van der Waals surface area contributed by atoms with Crippen molar-refractivity contribution in [2.24, 2.45) is 0 Å². The highest BCUT2D eigenvalue weighted by Crippen LogP contribution is 2.15. The first kappa shape index (κ1) is 9.68. The van der Waals surface area contributed by atoms with Gasteiger partial charge in [0.2, 0.25) is 0 Å². The Bertz CT molecular complexity index is 319. The quantitative estimate of drug-likeness (QED) is 0.762. The molecule has 0 spiro atoms. The van der Waals surface area contributed by atoms with E-state index in [2.05, 4.69) is 21.8 Å². The minimum atomic E-state index is 0.761. The lowest BCUT2D eigenvalue weighted by Gasteiger charge is -2.15. The van der Waals surface area contributed by atoms with Crippen molar-refractivity contribution < 1.29 is 4.74 Å². The summed E-state index contributed by atoms with van der Waals surface area (Å²) in [7, 11) is 1.74. The number of nitrogens with zero attached hydrogens (tertiary/aromatic N) is 2. The van der Waals surface area contributed by atoms with E-state index in [1.54, 1.807) is 7.11 Å². The average molecular weight is 195 g/mol. The molecule has 14 heavy (non-hydrogen) atoms. The molecule has 0 radical (unpaired) electrons. The fourth-order valence-electron chi connectivity index (χ4n) is 1.99. The Morgan fingerprint density at radius 1 is 1.57 bits per heavy atom. The normalized spacial score (nSPS) is 15.6. The lowest BCUT2D eigenvalue weighted by atomic mass is 10.2. The third-order valence-corrected chi connectivity index (χ3v) is 2.70. The number of aryl methyl sites for hydroxylation is 1. The van der Waals surface area contributed by atoms with Crippen LogP contribution in [0.3, 0.4) is 0 Å². The lowest BCUT2D eigenvalue weighted by molar-refractivity contribution is 0.185. The highest BCUT2D eigenvalue weighted by atomic mass is 16.5. The van der Waals surface area contributed by atoms with Crippen molar-refractivity contribution in [1.82, 2.24) is 14.9 Å². The van der Waals surface area contributed by atoms with E-state index >= 15 is 0 Å². The number of aromatic nitrogens is 2. The Labute approximate surface area is 84.3 Å². The number of imidazole rings is 1. The molecule has 0 atom stereocenters. The molecule has 4 heteroatoms. The summed E-state index contributed by atoms with van der Waals surface area (Å²) in [4.78, 5) is 4.55. The molecule has 0 aliphatic carbocycles. The van der Waals surface area contributed by atoms with Gasteiger partial charge in [-0.3, -0.25) is 0 Å². The van der Waals surface area contributed by atoms with Crippen molar-refractivity contribution in [3.63, 3.8) is 0 Å². The van der Waals surface area contributed by atoms with Gasteiger partial charge in [-0.2, -0.15) is 0 Å². The number of hydrogen-bond acceptors (Lipinski definition) is 3. The Kier molecular flexibility index (Phi) is 2.84. The zero-order valence-electron chi connectivity index (χ0n) is 8.84. The number of hydrogen-bond donors (Lipinski definition) is 1. The topological polar surface area (TPSA) is 39.1 Å². The van der Waals surface area contributed by atoms with Crippen molar-refractivity contribution in [2.45, 2.75) is 26.4 Å². The van der Waals surface area contributed by atoms with Crippen LogP contribution in [0.15, 0.2) is 0 Å². The molecule has 1 N–H and O–H groups in total. The Hall–Kier alpha value is -0.870. The molecule has 0 amide bonds. The van der Waals surface area contributed by atoms with Gasteiger partial charge in [-0.15, -0.1) is 0 Å². The first-order chi connectivity index (χ1) is 6.83. The SMILES string of the molecule is COCCn1c(C)nc2c1CCNC2. The van der Waals surface area contributed by atoms with Crippen molar-refractivity contribution in [1.29, 1.82) is 0 Å². The molecule has 1 aromatic rings. The maximum absolute atomic E-state index is 5.10. The van der Waals surface area contributed by atoms with Gasteiger partial charge in [0.05, 0.1) is 12.3 Å². The van der Waals surface area contributed by atoms with Crippen molar-refractivity contribution in [3.8, 4) is 0 Å². The Morgan fingerprint density at radius 3 is 3.21 bits per heavy atom. The van der Waals surface area contributed by atoms with Crippen LogP contribution >= 0.6 is 0 Å². The lowest BCUT2D eigenvalue weighted by Crippen LogP contribution is -2.25. The summed E-state index contributed by atoms with van der Waals surface area (Å²) in [5.74, 6) is 1.11. The summed E-state index contributed by atoms with van der Waals surface area (Å²) >= 11 is 0. The maximum atomic E-state index is 5.10. The van der Waals surface area contributed by atoms with Gasteiger partial charge in [-0.25, -0.2) is 4.98 Å². The highest BCUT2D eigenvalue weighted by Gasteiger charge is 2.16. The minimum Gasteiger partial charge on any atom is -0.383 e. The van der Waals surface area contributed by atoms with E-state index in [0.29, 0.717) is 0 Å². The van der Waals surface area contributed by atoms with Crippen LogP contribution in [0.5, 0.6) is 0 Å². The molecular weight excluding hydrogens is 178 g/mol. The molecular formula is C10H17N3O. The molecule has 4 nitrogen and oxygen atoms in total. The predicted octanol–water partition coefficient (Wildman–Crippen LogP) is 0.484. The minimum absolute atomic E-state index is 0.761. The van der Waals surface area contributed by atoms with Crippen molar-refractivity contribution in [3.05, 3.63) is 17.2 Å². The monoisotopic (exact) mass is 195 g/mol. The van der Waals surface area contributed by atoms with Crippen molar-refractivity contribution in [2.75, 3.05) is 20.3 Å². The zero-order valence-corrected chi connectivity index (χ0v) is 8.84. The molecule has 2 heterocycles. The van der Waals surface area contributed by atoms with Crippen LogP contribution in [-0.2, 0) is 24.2 Å². The summed E-state index contributed by atoms with van der Waals surface area (Å²) in [6.45, 7) is 5.72. The van der Waals surface area contributed by atoms with Crippen LogP contribution in [0.2, 0.25) is 0 Å². The number of ether oxygens (including phenoxy) is 1. The number of rotatable bonds is 3. The largest absolute Gasteiger partial charge is 0.383 e. The van der Waals surface area contributed by atoms with Crippen LogP contribution in [0, 0.1) is 6.92 Å². The standard InChI is InChI=1S/C10H17N3O/c1-8-12-9-7-11-4-3-10(9)13(8)5-6-14-2/h11H,3-7H2,1-2H3. The van der Waals surface area contributed by atoms with Gasteiger partial charge in [0.1, 0.15) is 5.82 Å². The van der Waals surface area contributed by atoms with Gasteiger partial charge in [0, 0.05) is 38.9 Å². The van der Waals surface area contributed by atoms with Crippen molar-refractivity contribution >= 4 is 0 Å². The summed E-state index contributed by atoms with van der Waals surface area (Å²) in [5, 5.41) is 3.33. The fraction of sp³-hybridized carbons (Fsp3) is 0.700. The molecule has 0 fully saturated rings. The van der Waals surface area contributed by atoms with Gasteiger partial charge in [-0.05, 0) is 6.92 Å². The van der Waals surface area contributed by atoms with E-state index in [-0.39, 0.29) is 0 Å². The fourth-order valence-corrected chi connectivity index (χ4v) is 1.99. The average Bonchev–Trinajstić information content (AvgIpc) is 2.51. The van der Waals surface area contributed by atoms with E-state index in [1.165, 1.54) is 11.4 Å². The molecule has 1 aliphatic heterocycles. The summed E-state index contributed by atoms with van der Waals surface area (Å²) in [6.07, 6.45) is 1.08. The van der Waals surface area contributed by atoms with E-state index in [1.807, 2.05) is 0 Å². The van der Waals surface area contributed by atoms with Gasteiger partial charge in [-0.1, -0.05) is 0 Å². The highest BCUT2D eigenvalue weighted by molar-refractivity contribution is 5.19. The zero-order chi connectivity index (χ0) is 9.97. The predicted molar refractivity (Wildman–Crippen MR) is 54.3 cm³/mol. The summed E-state index contributed by atoms with van der Waals surface area (Å²) < 4.78 is 7.37. The van der Waals surface area contributed by atoms with E-state index in [9.17, 15) is 0 Å². The number of nitrogens with one attached hydrogen (secondary N) is 1. The Balaban J connectivity index is 2.24. The second-order valence-electron chi connectivity index (χ2n) is 3.62. The molecule has 78 valence electrons. The Morgan fingerprint density at radius 2 is 2.43 bits per heavy atom. The molecule has 1 aromatic heterocycles. The third-order valence-electron chi connectivity index (χ3n) is 2.70.